The summed E-state index contributed by atoms with van der Waals surface area (Å²) in [5.41, 5.74) is 6.56. The minimum Gasteiger partial charge on any atom is -0.343 e. The van der Waals surface area contributed by atoms with Crippen LogP contribution in [0.1, 0.15) is 57.9 Å². The lowest BCUT2D eigenvalue weighted by molar-refractivity contribution is -0.150. The molecule has 0 spiro atoms. The molecule has 0 heterocycles. The van der Waals surface area contributed by atoms with E-state index in [0.29, 0.717) is 18.4 Å². The van der Waals surface area contributed by atoms with E-state index in [4.69, 9.17) is 5.73 Å². The summed E-state index contributed by atoms with van der Waals surface area (Å²) in [5.74, 6) is -4.65. The third-order valence-corrected chi connectivity index (χ3v) is 4.63. The van der Waals surface area contributed by atoms with E-state index in [1.165, 1.54) is 0 Å². The third kappa shape index (κ3) is 8.27. The van der Waals surface area contributed by atoms with Crippen molar-refractivity contribution in [1.29, 1.82) is 0 Å². The van der Waals surface area contributed by atoms with E-state index in [9.17, 15) is 23.2 Å². The second kappa shape index (κ2) is 12.3. The van der Waals surface area contributed by atoms with Crippen LogP contribution in [-0.2, 0) is 20.8 Å². The zero-order chi connectivity index (χ0) is 21.9. The molecule has 0 aliphatic heterocycles. The Balaban J connectivity index is 2.97. The van der Waals surface area contributed by atoms with Crippen molar-refractivity contribution in [3.63, 3.8) is 0 Å². The molecule has 6 nitrogen and oxygen atoms in total. The number of hydrogen-bond acceptors (Lipinski definition) is 4. The van der Waals surface area contributed by atoms with Crippen molar-refractivity contribution in [3.05, 3.63) is 35.9 Å². The Labute approximate surface area is 170 Å². The Kier molecular flexibility index (Phi) is 10.4. The molecule has 0 bridgehead atoms. The summed E-state index contributed by atoms with van der Waals surface area (Å²) in [6.07, 6.45) is 2.33. The van der Waals surface area contributed by atoms with E-state index < -0.39 is 42.1 Å². The van der Waals surface area contributed by atoms with Gasteiger partial charge in [0.15, 0.2) is 0 Å². The fraction of sp³-hybridized carbons (Fsp3) is 0.571. The Bertz CT molecular complexity index is 672. The van der Waals surface area contributed by atoms with Gasteiger partial charge < -0.3 is 16.4 Å². The number of nitrogens with two attached hydrogens (primary N) is 1. The molecule has 3 atom stereocenters. The number of halogens is 2. The van der Waals surface area contributed by atoms with Crippen molar-refractivity contribution in [1.82, 2.24) is 10.6 Å². The van der Waals surface area contributed by atoms with Crippen molar-refractivity contribution in [2.75, 3.05) is 0 Å². The molecule has 1 rings (SSSR count). The van der Waals surface area contributed by atoms with Crippen LogP contribution < -0.4 is 16.4 Å². The summed E-state index contributed by atoms with van der Waals surface area (Å²) < 4.78 is 28.0. The largest absolute Gasteiger partial charge is 0.358 e. The highest BCUT2D eigenvalue weighted by atomic mass is 19.2. The second-order valence-electron chi connectivity index (χ2n) is 7.17. The number of unbranched alkanes of at least 4 members (excludes halogenated alkanes) is 2. The molecule has 162 valence electrons. The number of hydrogen-bond donors (Lipinski definition) is 3. The van der Waals surface area contributed by atoms with Crippen LogP contribution in [0.25, 0.3) is 0 Å². The van der Waals surface area contributed by atoms with Gasteiger partial charge in [-0.3, -0.25) is 14.4 Å². The van der Waals surface area contributed by atoms with Gasteiger partial charge in [0.25, 0.3) is 5.79 Å². The third-order valence-electron chi connectivity index (χ3n) is 4.63. The number of carbonyl (C=O) groups is 3. The molecule has 0 saturated heterocycles. The fourth-order valence-corrected chi connectivity index (χ4v) is 2.81. The van der Waals surface area contributed by atoms with Crippen LogP contribution in [0, 0.1) is 0 Å². The monoisotopic (exact) mass is 411 g/mol. The average molecular weight is 411 g/mol. The van der Waals surface area contributed by atoms with Gasteiger partial charge in [0.1, 0.15) is 6.04 Å². The fourth-order valence-electron chi connectivity index (χ4n) is 2.81. The van der Waals surface area contributed by atoms with Crippen LogP contribution in [0.5, 0.6) is 0 Å². The Morgan fingerprint density at radius 3 is 2.24 bits per heavy atom. The van der Waals surface area contributed by atoms with Gasteiger partial charge in [-0.1, -0.05) is 63.4 Å². The Hall–Kier alpha value is -2.35. The molecule has 0 unspecified atom stereocenters. The lowest BCUT2D eigenvalue weighted by Crippen LogP contribution is -2.58. The molecule has 1 aromatic carbocycles. The van der Waals surface area contributed by atoms with Gasteiger partial charge in [0, 0.05) is 12.8 Å². The molecule has 2 amide bonds. The first kappa shape index (κ1) is 24.7. The molecule has 0 aromatic heterocycles. The van der Waals surface area contributed by atoms with E-state index in [0.717, 1.165) is 12.8 Å². The highest BCUT2D eigenvalue weighted by molar-refractivity contribution is 5.92. The van der Waals surface area contributed by atoms with Crippen LogP contribution in [-0.4, -0.2) is 35.7 Å². The van der Waals surface area contributed by atoms with Gasteiger partial charge in [-0.15, -0.1) is 0 Å². The molecule has 4 N–H and O–H groups in total. The molecular weight excluding hydrogens is 380 g/mol. The molecule has 29 heavy (non-hydrogen) atoms. The lowest BCUT2D eigenvalue weighted by Gasteiger charge is -2.26. The zero-order valence-corrected chi connectivity index (χ0v) is 17.0. The Morgan fingerprint density at radius 1 is 1.07 bits per heavy atom. The summed E-state index contributed by atoms with van der Waals surface area (Å²) in [6, 6.07) is 4.50. The van der Waals surface area contributed by atoms with Crippen LogP contribution in [0.2, 0.25) is 0 Å². The minimum absolute atomic E-state index is 0.0449. The van der Waals surface area contributed by atoms with Crippen LogP contribution in [0.3, 0.4) is 0 Å². The van der Waals surface area contributed by atoms with Gasteiger partial charge in [-0.05, 0) is 18.4 Å². The van der Waals surface area contributed by atoms with Crippen molar-refractivity contribution < 1.29 is 23.2 Å². The van der Waals surface area contributed by atoms with Gasteiger partial charge in [0.2, 0.25) is 11.8 Å². The maximum atomic E-state index is 14.7. The molecule has 0 aliphatic rings. The quantitative estimate of drug-likeness (QED) is 0.343. The van der Waals surface area contributed by atoms with Crippen molar-refractivity contribution >= 4 is 17.9 Å². The number of alkyl halides is 1. The molecule has 0 aliphatic carbocycles. The topological polar surface area (TPSA) is 101 Å². The summed E-state index contributed by atoms with van der Waals surface area (Å²) in [6.45, 7) is 3.71. The maximum Gasteiger partial charge on any atom is 0.358 e. The van der Waals surface area contributed by atoms with Gasteiger partial charge in [-0.2, -0.15) is 4.39 Å². The van der Waals surface area contributed by atoms with Gasteiger partial charge in [0.05, 0.1) is 6.04 Å². The van der Waals surface area contributed by atoms with Gasteiger partial charge >= 0.3 is 6.04 Å². The number of nitrogens with one attached hydrogen (secondary N) is 2. The second-order valence-corrected chi connectivity index (χ2v) is 7.17. The van der Waals surface area contributed by atoms with E-state index in [1.807, 2.05) is 12.2 Å². The van der Waals surface area contributed by atoms with Crippen molar-refractivity contribution in [2.45, 2.75) is 76.7 Å². The molecule has 0 radical (unpaired) electrons. The number of benzene rings is 1. The normalized spacial score (nSPS) is 15.1. The van der Waals surface area contributed by atoms with E-state index in [1.54, 1.807) is 37.3 Å². The minimum atomic E-state index is -3.11. The average Bonchev–Trinajstić information content (AvgIpc) is 2.70. The highest BCUT2D eigenvalue weighted by Gasteiger charge is 2.41. The number of amides is 2. The number of carbonyl (C=O) groups excluding carboxylic acids is 3. The molecule has 8 heteroatoms. The lowest BCUT2D eigenvalue weighted by atomic mass is 10.0. The zero-order valence-electron chi connectivity index (χ0n) is 17.0. The van der Waals surface area contributed by atoms with E-state index in [-0.39, 0.29) is 12.8 Å². The summed E-state index contributed by atoms with van der Waals surface area (Å²) in [7, 11) is 0. The standard InChI is InChI=1S/C21H31F2N3O3/c1-3-5-12-16(24)18(27)25-17(14-15-10-8-7-9-11-15)19(28)26-21(23,20(22)29)13-6-4-2/h7-11,16-17H,3-6,12-14,24H2,1-2H3,(H,25,27)(H,26,28)/t16-,17-,21-/m0/s1. The van der Waals surface area contributed by atoms with Crippen LogP contribution in [0.4, 0.5) is 8.78 Å². The molecule has 1 aromatic rings. The first-order valence-corrected chi connectivity index (χ1v) is 10.0. The maximum absolute atomic E-state index is 14.7. The van der Waals surface area contributed by atoms with Crippen molar-refractivity contribution in [3.8, 4) is 0 Å². The van der Waals surface area contributed by atoms with Crippen molar-refractivity contribution in [2.24, 2.45) is 5.73 Å². The molecular formula is C21H31F2N3O3. The predicted molar refractivity (Wildman–Crippen MR) is 107 cm³/mol. The smallest absolute Gasteiger partial charge is 0.343 e. The molecule has 0 fully saturated rings. The first-order chi connectivity index (χ1) is 13.7. The van der Waals surface area contributed by atoms with Crippen LogP contribution in [0.15, 0.2) is 30.3 Å². The highest BCUT2D eigenvalue weighted by Crippen LogP contribution is 2.19. The van der Waals surface area contributed by atoms with E-state index >= 15 is 0 Å². The first-order valence-electron chi connectivity index (χ1n) is 10.0. The molecule has 0 saturated carbocycles. The Morgan fingerprint density at radius 2 is 1.69 bits per heavy atom. The summed E-state index contributed by atoms with van der Waals surface area (Å²) >= 11 is 0. The van der Waals surface area contributed by atoms with Gasteiger partial charge in [-0.25, -0.2) is 4.39 Å². The van der Waals surface area contributed by atoms with Crippen LogP contribution >= 0.6 is 0 Å². The SMILES string of the molecule is CCCC[C@H](N)C(=O)N[C@@H](Cc1ccccc1)C(=O)N[C@@](F)(CCCC)C(=O)F. The number of rotatable bonds is 13. The summed E-state index contributed by atoms with van der Waals surface area (Å²) in [5, 5.41) is 4.36. The predicted octanol–water partition coefficient (Wildman–Crippen LogP) is 2.70. The summed E-state index contributed by atoms with van der Waals surface area (Å²) in [4.78, 5) is 36.2. The van der Waals surface area contributed by atoms with E-state index in [2.05, 4.69) is 5.32 Å².